The maximum atomic E-state index is 13.9. The number of non-ortho nitro benzene ring substituents is 1. The molecule has 0 spiro atoms. The van der Waals surface area contributed by atoms with Crippen molar-refractivity contribution in [3.05, 3.63) is 98.5 Å². The number of nitro groups is 1. The number of hydrogen-bond acceptors (Lipinski definition) is 6. The van der Waals surface area contributed by atoms with Gasteiger partial charge in [0.25, 0.3) is 15.7 Å². The van der Waals surface area contributed by atoms with Crippen LogP contribution in [0, 0.1) is 10.1 Å². The van der Waals surface area contributed by atoms with Crippen molar-refractivity contribution >= 4 is 56.4 Å². The van der Waals surface area contributed by atoms with E-state index in [2.05, 4.69) is 5.32 Å². The summed E-state index contributed by atoms with van der Waals surface area (Å²) in [5.74, 6) is -1.10. The van der Waals surface area contributed by atoms with E-state index in [-0.39, 0.29) is 33.9 Å². The second-order valence-corrected chi connectivity index (χ2v) is 12.0. The Hall–Kier alpha value is -3.67. The summed E-state index contributed by atoms with van der Waals surface area (Å²) in [7, 11) is -4.29. The van der Waals surface area contributed by atoms with Gasteiger partial charge in [-0.15, -0.1) is 0 Å². The molecule has 2 unspecified atom stereocenters. The summed E-state index contributed by atoms with van der Waals surface area (Å²) in [5.41, 5.74) is 0.372. The van der Waals surface area contributed by atoms with Crippen LogP contribution in [0.3, 0.4) is 0 Å². The zero-order valence-corrected chi connectivity index (χ0v) is 25.0. The van der Waals surface area contributed by atoms with Gasteiger partial charge >= 0.3 is 0 Å². The van der Waals surface area contributed by atoms with Crippen LogP contribution >= 0.6 is 23.2 Å². The molecule has 0 saturated heterocycles. The molecule has 13 heteroatoms. The molecule has 1 N–H and O–H groups in total. The van der Waals surface area contributed by atoms with Gasteiger partial charge in [-0.25, -0.2) is 8.42 Å². The third-order valence-corrected chi connectivity index (χ3v) is 8.99. The molecule has 2 amide bonds. The monoisotopic (exact) mass is 620 g/mol. The molecule has 0 fully saturated rings. The highest BCUT2D eigenvalue weighted by Crippen LogP contribution is 2.27. The summed E-state index contributed by atoms with van der Waals surface area (Å²) in [6.07, 6.45) is 0.669. The largest absolute Gasteiger partial charge is 0.352 e. The minimum absolute atomic E-state index is 0.0407. The van der Waals surface area contributed by atoms with Gasteiger partial charge in [0.15, 0.2) is 0 Å². The van der Waals surface area contributed by atoms with E-state index in [1.807, 2.05) is 13.8 Å². The standard InChI is InChI=1S/C28H30Cl2N4O6S/c1-4-19(2)31-28(36)20(3)32(17-21-10-15-25(29)26(30)16-21)27(35)18-33(22-11-13-23(14-12-22)34(37)38)41(39,40)24-8-6-5-7-9-24/h5-16,19-20H,4,17-18H2,1-3H3,(H,31,36). The topological polar surface area (TPSA) is 130 Å². The van der Waals surface area contributed by atoms with Crippen LogP contribution in [-0.2, 0) is 26.2 Å². The molecule has 0 bridgehead atoms. The predicted octanol–water partition coefficient (Wildman–Crippen LogP) is 5.43. The number of halogens is 2. The second kappa shape index (κ2) is 13.8. The molecule has 0 aromatic heterocycles. The van der Waals surface area contributed by atoms with E-state index in [0.717, 1.165) is 16.4 Å². The molecule has 41 heavy (non-hydrogen) atoms. The lowest BCUT2D eigenvalue weighted by molar-refractivity contribution is -0.384. The number of nitrogens with zero attached hydrogens (tertiary/aromatic N) is 3. The fourth-order valence-electron chi connectivity index (χ4n) is 3.87. The summed E-state index contributed by atoms with van der Waals surface area (Å²) in [6.45, 7) is 4.54. The average molecular weight is 622 g/mol. The van der Waals surface area contributed by atoms with Crippen LogP contribution in [0.1, 0.15) is 32.8 Å². The number of carbonyl (C=O) groups excluding carboxylic acids is 2. The third-order valence-electron chi connectivity index (χ3n) is 6.46. The van der Waals surface area contributed by atoms with Crippen molar-refractivity contribution < 1.29 is 22.9 Å². The number of benzene rings is 3. The molecule has 3 rings (SSSR count). The lowest BCUT2D eigenvalue weighted by Crippen LogP contribution is -2.52. The van der Waals surface area contributed by atoms with E-state index in [1.54, 1.807) is 43.3 Å². The first-order valence-electron chi connectivity index (χ1n) is 12.7. The van der Waals surface area contributed by atoms with E-state index in [9.17, 15) is 28.1 Å². The molecule has 0 aliphatic carbocycles. The molecule has 0 saturated carbocycles. The Morgan fingerprint density at radius 3 is 2.17 bits per heavy atom. The van der Waals surface area contributed by atoms with Gasteiger partial charge in [0.1, 0.15) is 12.6 Å². The number of amides is 2. The highest BCUT2D eigenvalue weighted by Gasteiger charge is 2.33. The van der Waals surface area contributed by atoms with Gasteiger partial charge < -0.3 is 10.2 Å². The molecule has 0 heterocycles. The number of hydrogen-bond donors (Lipinski definition) is 1. The normalized spacial score (nSPS) is 12.7. The van der Waals surface area contributed by atoms with Crippen molar-refractivity contribution in [2.45, 2.75) is 50.7 Å². The number of rotatable bonds is 12. The van der Waals surface area contributed by atoms with Gasteiger partial charge in [0.2, 0.25) is 11.8 Å². The van der Waals surface area contributed by atoms with Crippen molar-refractivity contribution in [2.75, 3.05) is 10.8 Å². The summed E-state index contributed by atoms with van der Waals surface area (Å²) in [6, 6.07) is 16.0. The Bertz CT molecular complexity index is 1500. The summed E-state index contributed by atoms with van der Waals surface area (Å²) in [5, 5.41) is 14.6. The first-order chi connectivity index (χ1) is 19.3. The lowest BCUT2D eigenvalue weighted by Gasteiger charge is -2.32. The van der Waals surface area contributed by atoms with E-state index in [1.165, 1.54) is 29.2 Å². The molecule has 0 aliphatic rings. The van der Waals surface area contributed by atoms with Crippen LogP contribution in [0.5, 0.6) is 0 Å². The van der Waals surface area contributed by atoms with Crippen LogP contribution in [-0.4, -0.2) is 48.7 Å². The van der Waals surface area contributed by atoms with Gasteiger partial charge in [0, 0.05) is 24.7 Å². The molecule has 3 aromatic carbocycles. The van der Waals surface area contributed by atoms with Crippen LogP contribution < -0.4 is 9.62 Å². The Morgan fingerprint density at radius 1 is 0.976 bits per heavy atom. The maximum absolute atomic E-state index is 13.9. The molecule has 10 nitrogen and oxygen atoms in total. The summed E-state index contributed by atoms with van der Waals surface area (Å²) in [4.78, 5) is 38.8. The zero-order chi connectivity index (χ0) is 30.3. The predicted molar refractivity (Wildman–Crippen MR) is 158 cm³/mol. The van der Waals surface area contributed by atoms with Crippen molar-refractivity contribution in [3.8, 4) is 0 Å². The van der Waals surface area contributed by atoms with Gasteiger partial charge in [-0.3, -0.25) is 24.0 Å². The van der Waals surface area contributed by atoms with Crippen LogP contribution in [0.25, 0.3) is 0 Å². The minimum atomic E-state index is -4.29. The van der Waals surface area contributed by atoms with Crippen molar-refractivity contribution in [1.29, 1.82) is 0 Å². The smallest absolute Gasteiger partial charge is 0.269 e. The van der Waals surface area contributed by atoms with Crippen LogP contribution in [0.15, 0.2) is 77.7 Å². The van der Waals surface area contributed by atoms with E-state index < -0.39 is 39.3 Å². The first-order valence-corrected chi connectivity index (χ1v) is 14.9. The first kappa shape index (κ1) is 31.9. The van der Waals surface area contributed by atoms with Crippen LogP contribution in [0.4, 0.5) is 11.4 Å². The van der Waals surface area contributed by atoms with E-state index >= 15 is 0 Å². The summed E-state index contributed by atoms with van der Waals surface area (Å²) >= 11 is 12.2. The second-order valence-electron chi connectivity index (χ2n) is 9.36. The highest BCUT2D eigenvalue weighted by molar-refractivity contribution is 7.92. The Morgan fingerprint density at radius 2 is 1.61 bits per heavy atom. The molecular weight excluding hydrogens is 591 g/mol. The van der Waals surface area contributed by atoms with E-state index in [4.69, 9.17) is 23.2 Å². The lowest BCUT2D eigenvalue weighted by atomic mass is 10.1. The Labute approximate surface area is 249 Å². The number of anilines is 1. The quantitative estimate of drug-likeness (QED) is 0.212. The Balaban J connectivity index is 2.05. The molecule has 0 radical (unpaired) electrons. The summed E-state index contributed by atoms with van der Waals surface area (Å²) < 4.78 is 28.4. The maximum Gasteiger partial charge on any atom is 0.269 e. The number of nitro benzene ring substituents is 1. The van der Waals surface area contributed by atoms with Crippen molar-refractivity contribution in [1.82, 2.24) is 10.2 Å². The minimum Gasteiger partial charge on any atom is -0.352 e. The number of carbonyl (C=O) groups is 2. The number of sulfonamides is 1. The van der Waals surface area contributed by atoms with Gasteiger partial charge in [-0.2, -0.15) is 0 Å². The number of nitrogens with one attached hydrogen (secondary N) is 1. The molecule has 218 valence electrons. The van der Waals surface area contributed by atoms with Crippen molar-refractivity contribution in [2.24, 2.45) is 0 Å². The SMILES string of the molecule is CCC(C)NC(=O)C(C)N(Cc1ccc(Cl)c(Cl)c1)C(=O)CN(c1ccc([N+](=O)[O-])cc1)S(=O)(=O)c1ccccc1. The fraction of sp³-hybridized carbons (Fsp3) is 0.286. The zero-order valence-electron chi connectivity index (χ0n) is 22.7. The van der Waals surface area contributed by atoms with Gasteiger partial charge in [-0.05, 0) is 62.2 Å². The average Bonchev–Trinajstić information content (AvgIpc) is 2.96. The van der Waals surface area contributed by atoms with Crippen molar-refractivity contribution in [3.63, 3.8) is 0 Å². The molecule has 0 aliphatic heterocycles. The van der Waals surface area contributed by atoms with Gasteiger partial charge in [-0.1, -0.05) is 54.4 Å². The molecule has 2 atom stereocenters. The van der Waals surface area contributed by atoms with Crippen LogP contribution in [0.2, 0.25) is 10.0 Å². The van der Waals surface area contributed by atoms with Gasteiger partial charge in [0.05, 0.1) is 25.6 Å². The molecular formula is C28H30Cl2N4O6S. The van der Waals surface area contributed by atoms with E-state index in [0.29, 0.717) is 17.0 Å². The Kier molecular flexibility index (Phi) is 10.7. The fourth-order valence-corrected chi connectivity index (χ4v) is 5.63. The third kappa shape index (κ3) is 7.96. The molecule has 3 aromatic rings. The highest BCUT2D eigenvalue weighted by atomic mass is 35.5.